The third-order valence-electron chi connectivity index (χ3n) is 5.80. The average Bonchev–Trinajstić information content (AvgIpc) is 3.30. The highest BCUT2D eigenvalue weighted by Crippen LogP contribution is 2.18. The predicted molar refractivity (Wildman–Crippen MR) is 107 cm³/mol. The highest BCUT2D eigenvalue weighted by atomic mass is 16.5. The minimum Gasteiger partial charge on any atom is -0.383 e. The number of ether oxygens (including phenoxy) is 1. The highest BCUT2D eigenvalue weighted by molar-refractivity contribution is 5.80. The van der Waals surface area contributed by atoms with Crippen LogP contribution in [0.3, 0.4) is 0 Å². The van der Waals surface area contributed by atoms with E-state index in [0.29, 0.717) is 18.6 Å². The minimum atomic E-state index is 0.470. The Morgan fingerprint density at radius 3 is 2.37 bits per heavy atom. The molecule has 8 heteroatoms. The van der Waals surface area contributed by atoms with Crippen molar-refractivity contribution in [3.05, 3.63) is 11.6 Å². The molecule has 152 valence electrons. The van der Waals surface area contributed by atoms with Crippen LogP contribution in [0.25, 0.3) is 0 Å². The molecule has 3 rings (SSSR count). The summed E-state index contributed by atoms with van der Waals surface area (Å²) in [6, 6.07) is 1.01. The van der Waals surface area contributed by atoms with Crippen LogP contribution in [0, 0.1) is 6.92 Å². The van der Waals surface area contributed by atoms with E-state index in [9.17, 15) is 0 Å². The number of hydrogen-bond acceptors (Lipinski definition) is 5. The second-order valence-electron chi connectivity index (χ2n) is 7.77. The Hall–Kier alpha value is -1.67. The first-order valence-electron chi connectivity index (χ1n) is 10.3. The standard InChI is InChI=1S/C19H35N7O/c1-15-23-24-18(25(15)2)14-20-19(21-16-6-4-5-7-16)22-17-8-10-26(11-9-17)12-13-27-3/h16-17H,4-14H2,1-3H3,(H2,20,21,22). The Morgan fingerprint density at radius 2 is 1.78 bits per heavy atom. The molecule has 1 aromatic rings. The van der Waals surface area contributed by atoms with Gasteiger partial charge in [-0.25, -0.2) is 4.99 Å². The lowest BCUT2D eigenvalue weighted by molar-refractivity contribution is 0.128. The summed E-state index contributed by atoms with van der Waals surface area (Å²) in [7, 11) is 3.76. The van der Waals surface area contributed by atoms with Gasteiger partial charge < -0.3 is 24.8 Å². The number of nitrogens with zero attached hydrogens (tertiary/aromatic N) is 5. The fourth-order valence-corrected chi connectivity index (χ4v) is 3.85. The van der Waals surface area contributed by atoms with Crippen molar-refractivity contribution in [2.45, 2.75) is 64.1 Å². The van der Waals surface area contributed by atoms with Gasteiger partial charge >= 0.3 is 0 Å². The van der Waals surface area contributed by atoms with Gasteiger partial charge in [0.25, 0.3) is 0 Å². The summed E-state index contributed by atoms with van der Waals surface area (Å²) in [4.78, 5) is 7.31. The van der Waals surface area contributed by atoms with E-state index >= 15 is 0 Å². The molecule has 1 aliphatic carbocycles. The molecular formula is C19H35N7O. The summed E-state index contributed by atoms with van der Waals surface area (Å²) in [6.45, 7) is 6.57. The molecule has 2 heterocycles. The van der Waals surface area contributed by atoms with Gasteiger partial charge in [0.15, 0.2) is 11.8 Å². The first-order valence-corrected chi connectivity index (χ1v) is 10.3. The first-order chi connectivity index (χ1) is 13.2. The van der Waals surface area contributed by atoms with Crippen molar-refractivity contribution in [1.29, 1.82) is 0 Å². The van der Waals surface area contributed by atoms with Crippen molar-refractivity contribution >= 4 is 5.96 Å². The van der Waals surface area contributed by atoms with Crippen LogP contribution in [0.1, 0.15) is 50.2 Å². The van der Waals surface area contributed by atoms with Gasteiger partial charge in [-0.15, -0.1) is 10.2 Å². The van der Waals surface area contributed by atoms with Gasteiger partial charge in [0.05, 0.1) is 6.61 Å². The van der Waals surface area contributed by atoms with Crippen LogP contribution in [0.5, 0.6) is 0 Å². The fraction of sp³-hybridized carbons (Fsp3) is 0.842. The van der Waals surface area contributed by atoms with E-state index in [1.54, 1.807) is 7.11 Å². The van der Waals surface area contributed by atoms with Crippen molar-refractivity contribution < 1.29 is 4.74 Å². The summed E-state index contributed by atoms with van der Waals surface area (Å²) >= 11 is 0. The molecular weight excluding hydrogens is 342 g/mol. The summed E-state index contributed by atoms with van der Waals surface area (Å²) in [5.41, 5.74) is 0. The van der Waals surface area contributed by atoms with E-state index in [1.807, 2.05) is 18.5 Å². The molecule has 1 aliphatic heterocycles. The number of rotatable bonds is 7. The molecule has 0 unspecified atom stereocenters. The monoisotopic (exact) mass is 377 g/mol. The summed E-state index contributed by atoms with van der Waals surface area (Å²) in [6.07, 6.45) is 7.37. The molecule has 0 spiro atoms. The van der Waals surface area contributed by atoms with Gasteiger partial charge in [-0.05, 0) is 32.6 Å². The number of hydrogen-bond donors (Lipinski definition) is 2. The van der Waals surface area contributed by atoms with Crippen LogP contribution in [0.15, 0.2) is 4.99 Å². The summed E-state index contributed by atoms with van der Waals surface area (Å²) in [5, 5.41) is 15.7. The van der Waals surface area contributed by atoms with Crippen molar-refractivity contribution in [3.63, 3.8) is 0 Å². The Morgan fingerprint density at radius 1 is 1.11 bits per heavy atom. The smallest absolute Gasteiger partial charge is 0.192 e. The maximum Gasteiger partial charge on any atom is 0.192 e. The van der Waals surface area contributed by atoms with E-state index in [2.05, 4.69) is 25.7 Å². The lowest BCUT2D eigenvalue weighted by atomic mass is 10.1. The average molecular weight is 378 g/mol. The number of piperidine rings is 1. The van der Waals surface area contributed by atoms with Crippen molar-refractivity contribution in [1.82, 2.24) is 30.3 Å². The maximum absolute atomic E-state index is 5.20. The number of aliphatic imine (C=N–C) groups is 1. The maximum atomic E-state index is 5.20. The molecule has 0 radical (unpaired) electrons. The highest BCUT2D eigenvalue weighted by Gasteiger charge is 2.22. The molecule has 2 N–H and O–H groups in total. The number of aryl methyl sites for hydroxylation is 1. The van der Waals surface area contributed by atoms with Crippen LogP contribution in [0.4, 0.5) is 0 Å². The summed E-state index contributed by atoms with van der Waals surface area (Å²) < 4.78 is 7.20. The van der Waals surface area contributed by atoms with Crippen LogP contribution in [0.2, 0.25) is 0 Å². The molecule has 1 aromatic heterocycles. The van der Waals surface area contributed by atoms with E-state index in [4.69, 9.17) is 9.73 Å². The third kappa shape index (κ3) is 5.90. The Kier molecular flexibility index (Phi) is 7.46. The SMILES string of the molecule is COCCN1CCC(NC(=NCc2nnc(C)n2C)NC2CCCC2)CC1. The zero-order valence-electron chi connectivity index (χ0n) is 17.1. The van der Waals surface area contributed by atoms with Crippen molar-refractivity contribution in [2.24, 2.45) is 12.0 Å². The quantitative estimate of drug-likeness (QED) is 0.549. The number of likely N-dealkylation sites (tertiary alicyclic amines) is 1. The van der Waals surface area contributed by atoms with Crippen LogP contribution in [-0.4, -0.2) is 71.1 Å². The molecule has 0 atom stereocenters. The van der Waals surface area contributed by atoms with Crippen LogP contribution in [-0.2, 0) is 18.3 Å². The van der Waals surface area contributed by atoms with Crippen LogP contribution >= 0.6 is 0 Å². The first kappa shape index (κ1) is 20.1. The molecule has 27 heavy (non-hydrogen) atoms. The Bertz CT molecular complexity index is 601. The van der Waals surface area contributed by atoms with E-state index < -0.39 is 0 Å². The molecule has 2 fully saturated rings. The third-order valence-corrected chi connectivity index (χ3v) is 5.80. The predicted octanol–water partition coefficient (Wildman–Crippen LogP) is 1.21. The molecule has 1 saturated carbocycles. The molecule has 0 amide bonds. The molecule has 8 nitrogen and oxygen atoms in total. The van der Waals surface area contributed by atoms with E-state index in [1.165, 1.54) is 25.7 Å². The second-order valence-corrected chi connectivity index (χ2v) is 7.77. The topological polar surface area (TPSA) is 79.6 Å². The van der Waals surface area contributed by atoms with Gasteiger partial charge in [0.1, 0.15) is 12.4 Å². The van der Waals surface area contributed by atoms with Crippen molar-refractivity contribution in [3.8, 4) is 0 Å². The molecule has 1 saturated heterocycles. The Labute approximate surface area is 162 Å². The van der Waals surface area contributed by atoms with E-state index in [-0.39, 0.29) is 0 Å². The van der Waals surface area contributed by atoms with Gasteiger partial charge in [0.2, 0.25) is 0 Å². The number of nitrogens with one attached hydrogen (secondary N) is 2. The zero-order chi connectivity index (χ0) is 19.1. The van der Waals surface area contributed by atoms with Crippen molar-refractivity contribution in [2.75, 3.05) is 33.4 Å². The number of guanidine groups is 1. The molecule has 0 bridgehead atoms. The Balaban J connectivity index is 1.56. The minimum absolute atomic E-state index is 0.470. The number of methoxy groups -OCH3 is 1. The fourth-order valence-electron chi connectivity index (χ4n) is 3.85. The molecule has 2 aliphatic rings. The zero-order valence-corrected chi connectivity index (χ0v) is 17.1. The van der Waals surface area contributed by atoms with Gasteiger partial charge in [-0.1, -0.05) is 12.8 Å². The van der Waals surface area contributed by atoms with Gasteiger partial charge in [-0.2, -0.15) is 0 Å². The lowest BCUT2D eigenvalue weighted by Crippen LogP contribution is -2.50. The largest absolute Gasteiger partial charge is 0.383 e. The normalized spacial score (nSPS) is 20.3. The molecule has 0 aromatic carbocycles. The van der Waals surface area contributed by atoms with Crippen LogP contribution < -0.4 is 10.6 Å². The second kappa shape index (κ2) is 10.0. The van der Waals surface area contributed by atoms with Gasteiger partial charge in [0, 0.05) is 45.9 Å². The summed E-state index contributed by atoms with van der Waals surface area (Å²) in [5.74, 6) is 2.74. The number of aromatic nitrogens is 3. The van der Waals surface area contributed by atoms with E-state index in [0.717, 1.165) is 56.7 Å². The van der Waals surface area contributed by atoms with Gasteiger partial charge in [-0.3, -0.25) is 0 Å². The lowest BCUT2D eigenvalue weighted by Gasteiger charge is -2.33.